The van der Waals surface area contributed by atoms with Gasteiger partial charge in [-0.05, 0) is 104 Å². The van der Waals surface area contributed by atoms with Crippen LogP contribution in [0.2, 0.25) is 0 Å². The van der Waals surface area contributed by atoms with Gasteiger partial charge in [-0.25, -0.2) is 0 Å². The average Bonchev–Trinajstić information content (AvgIpc) is 3.27. The maximum absolute atomic E-state index is 12.9. The largest absolute Gasteiger partial charge is 0.495 e. The number of hydrogen-bond donors (Lipinski definition) is 3. The first-order chi connectivity index (χ1) is 15.9. The van der Waals surface area contributed by atoms with E-state index in [0.717, 1.165) is 17.8 Å². The van der Waals surface area contributed by atoms with E-state index in [2.05, 4.69) is 16.0 Å². The molecule has 1 aromatic heterocycles. The Morgan fingerprint density at radius 3 is 2.39 bits per heavy atom. The Balaban J connectivity index is 1.21. The Bertz CT molecular complexity index is 1030. The van der Waals surface area contributed by atoms with Crippen LogP contribution >= 0.6 is 12.2 Å². The highest BCUT2D eigenvalue weighted by molar-refractivity contribution is 7.80. The fraction of sp³-hybridized carbons (Fsp3) is 0.480. The van der Waals surface area contributed by atoms with E-state index < -0.39 is 0 Å². The van der Waals surface area contributed by atoms with E-state index in [1.165, 1.54) is 44.8 Å². The summed E-state index contributed by atoms with van der Waals surface area (Å²) in [6, 6.07) is 8.39. The van der Waals surface area contributed by atoms with Crippen LogP contribution < -0.4 is 20.7 Å². The molecule has 4 fully saturated rings. The molecular weight excluding hydrogens is 438 g/mol. The molecule has 4 bridgehead atoms. The molecule has 4 saturated carbocycles. The van der Waals surface area contributed by atoms with Gasteiger partial charge >= 0.3 is 0 Å². The second kappa shape index (κ2) is 8.82. The molecule has 0 radical (unpaired) electrons. The number of hydrogen-bond acceptors (Lipinski definition) is 5. The molecule has 174 valence electrons. The van der Waals surface area contributed by atoms with Crippen molar-refractivity contribution in [3.8, 4) is 5.75 Å². The Morgan fingerprint density at radius 2 is 1.79 bits per heavy atom. The Kier molecular flexibility index (Phi) is 5.86. The molecule has 2 amide bonds. The first kappa shape index (κ1) is 21.9. The van der Waals surface area contributed by atoms with Crippen molar-refractivity contribution >= 4 is 40.5 Å². The summed E-state index contributed by atoms with van der Waals surface area (Å²) in [5.41, 5.74) is 1.25. The van der Waals surface area contributed by atoms with Crippen LogP contribution in [-0.2, 0) is 4.79 Å². The lowest BCUT2D eigenvalue weighted by Gasteiger charge is -2.56. The van der Waals surface area contributed by atoms with Crippen LogP contribution in [0.15, 0.2) is 41.0 Å². The van der Waals surface area contributed by atoms with Gasteiger partial charge in [0, 0.05) is 12.1 Å². The van der Waals surface area contributed by atoms with Gasteiger partial charge in [0.25, 0.3) is 5.91 Å². The van der Waals surface area contributed by atoms with Gasteiger partial charge in [-0.3, -0.25) is 9.59 Å². The molecule has 4 aliphatic carbocycles. The van der Waals surface area contributed by atoms with E-state index in [1.807, 2.05) is 0 Å². The van der Waals surface area contributed by atoms with Crippen molar-refractivity contribution in [1.82, 2.24) is 5.32 Å². The highest BCUT2D eigenvalue weighted by Gasteiger charge is 2.51. The molecule has 0 aliphatic heterocycles. The summed E-state index contributed by atoms with van der Waals surface area (Å²) in [6.45, 7) is 0. The molecule has 3 N–H and O–H groups in total. The fourth-order valence-electron chi connectivity index (χ4n) is 6.66. The highest BCUT2D eigenvalue weighted by Crippen LogP contribution is 2.61. The second-order valence-corrected chi connectivity index (χ2v) is 10.4. The molecule has 2 aromatic rings. The highest BCUT2D eigenvalue weighted by atomic mass is 32.1. The standard InChI is InChI=1S/C25H29N3O4S/c1-31-20-5-4-18(26-23(30)21-3-2-6-32-21)10-19(20)27-24(33)28-22(29)14-25-11-15-7-16(12-25)9-17(8-15)13-25/h2-6,10,15-17H,7-9,11-14H2,1H3,(H,26,30)(H2,27,28,29,33). The van der Waals surface area contributed by atoms with Gasteiger partial charge in [0.1, 0.15) is 5.75 Å². The number of rotatable bonds is 6. The molecule has 8 heteroatoms. The molecule has 0 saturated heterocycles. The third-order valence-corrected chi connectivity index (χ3v) is 7.61. The van der Waals surface area contributed by atoms with Gasteiger partial charge < -0.3 is 25.1 Å². The molecule has 0 atom stereocenters. The minimum Gasteiger partial charge on any atom is -0.495 e. The van der Waals surface area contributed by atoms with Crippen LogP contribution in [0.25, 0.3) is 0 Å². The van der Waals surface area contributed by atoms with Crippen molar-refractivity contribution in [2.24, 2.45) is 23.2 Å². The number of nitrogens with one attached hydrogen (secondary N) is 3. The molecule has 0 spiro atoms. The molecule has 33 heavy (non-hydrogen) atoms. The third kappa shape index (κ3) is 4.76. The summed E-state index contributed by atoms with van der Waals surface area (Å²) in [5, 5.41) is 8.91. The normalized spacial score (nSPS) is 27.1. The average molecular weight is 468 g/mol. The molecule has 1 aromatic carbocycles. The smallest absolute Gasteiger partial charge is 0.291 e. The minimum absolute atomic E-state index is 0.0318. The van der Waals surface area contributed by atoms with Crippen molar-refractivity contribution in [2.45, 2.75) is 44.9 Å². The summed E-state index contributed by atoms with van der Waals surface area (Å²) >= 11 is 5.42. The Morgan fingerprint density at radius 1 is 1.09 bits per heavy atom. The van der Waals surface area contributed by atoms with E-state index in [4.69, 9.17) is 21.4 Å². The predicted molar refractivity (Wildman–Crippen MR) is 129 cm³/mol. The molecule has 1 heterocycles. The molecular formula is C25H29N3O4S. The van der Waals surface area contributed by atoms with Crippen molar-refractivity contribution in [3.63, 3.8) is 0 Å². The maximum Gasteiger partial charge on any atom is 0.291 e. The Labute approximate surface area is 198 Å². The first-order valence-corrected chi connectivity index (χ1v) is 12.0. The molecule has 4 aliphatic rings. The van der Waals surface area contributed by atoms with Crippen LogP contribution in [0.3, 0.4) is 0 Å². The van der Waals surface area contributed by atoms with Crippen LogP contribution in [0.5, 0.6) is 5.75 Å². The number of carbonyl (C=O) groups excluding carboxylic acids is 2. The zero-order chi connectivity index (χ0) is 23.0. The number of methoxy groups -OCH3 is 1. The minimum atomic E-state index is -0.359. The summed E-state index contributed by atoms with van der Waals surface area (Å²) in [4.78, 5) is 25.2. The molecule has 6 rings (SSSR count). The Hall–Kier alpha value is -2.87. The topological polar surface area (TPSA) is 92.6 Å². The SMILES string of the molecule is COc1ccc(NC(=O)c2ccco2)cc1NC(=S)NC(=O)CC12CC3CC(CC(C3)C1)C2. The summed E-state index contributed by atoms with van der Waals surface area (Å²) in [7, 11) is 1.55. The lowest BCUT2D eigenvalue weighted by Crippen LogP contribution is -2.48. The number of benzene rings is 1. The summed E-state index contributed by atoms with van der Waals surface area (Å²) in [5.74, 6) is 2.78. The van der Waals surface area contributed by atoms with E-state index >= 15 is 0 Å². The van der Waals surface area contributed by atoms with Gasteiger partial charge in [0.2, 0.25) is 5.91 Å². The third-order valence-electron chi connectivity index (χ3n) is 7.40. The van der Waals surface area contributed by atoms with Gasteiger partial charge in [0.15, 0.2) is 10.9 Å². The number of ether oxygens (including phenoxy) is 1. The number of thiocarbonyl (C=S) groups is 1. The number of furan rings is 1. The zero-order valence-electron chi connectivity index (χ0n) is 18.7. The second-order valence-electron chi connectivity index (χ2n) is 9.94. The summed E-state index contributed by atoms with van der Waals surface area (Å²) in [6.07, 6.45) is 9.58. The van der Waals surface area contributed by atoms with E-state index in [-0.39, 0.29) is 28.1 Å². The van der Waals surface area contributed by atoms with Gasteiger partial charge in [-0.2, -0.15) is 0 Å². The quantitative estimate of drug-likeness (QED) is 0.520. The van der Waals surface area contributed by atoms with Crippen LogP contribution in [-0.4, -0.2) is 24.0 Å². The summed E-state index contributed by atoms with van der Waals surface area (Å²) < 4.78 is 10.5. The van der Waals surface area contributed by atoms with Gasteiger partial charge in [-0.1, -0.05) is 0 Å². The van der Waals surface area contributed by atoms with Crippen molar-refractivity contribution in [2.75, 3.05) is 17.7 Å². The molecule has 0 unspecified atom stereocenters. The van der Waals surface area contributed by atoms with Crippen LogP contribution in [0.4, 0.5) is 11.4 Å². The lowest BCUT2D eigenvalue weighted by molar-refractivity contribution is -0.127. The fourth-order valence-corrected chi connectivity index (χ4v) is 6.88. The van der Waals surface area contributed by atoms with Crippen molar-refractivity contribution in [1.29, 1.82) is 0 Å². The number of amides is 2. The van der Waals surface area contributed by atoms with Gasteiger partial charge in [0.05, 0.1) is 19.1 Å². The zero-order valence-corrected chi connectivity index (χ0v) is 19.5. The van der Waals surface area contributed by atoms with Gasteiger partial charge in [-0.15, -0.1) is 0 Å². The van der Waals surface area contributed by atoms with Crippen molar-refractivity contribution < 1.29 is 18.7 Å². The van der Waals surface area contributed by atoms with E-state index in [0.29, 0.717) is 23.5 Å². The maximum atomic E-state index is 12.9. The number of carbonyl (C=O) groups is 2. The van der Waals surface area contributed by atoms with E-state index in [9.17, 15) is 9.59 Å². The van der Waals surface area contributed by atoms with Crippen molar-refractivity contribution in [3.05, 3.63) is 42.4 Å². The van der Waals surface area contributed by atoms with E-state index in [1.54, 1.807) is 37.4 Å². The van der Waals surface area contributed by atoms with Crippen LogP contribution in [0.1, 0.15) is 55.5 Å². The predicted octanol–water partition coefficient (Wildman–Crippen LogP) is 4.96. The molecule has 7 nitrogen and oxygen atoms in total. The first-order valence-electron chi connectivity index (χ1n) is 11.5. The monoisotopic (exact) mass is 467 g/mol. The lowest BCUT2D eigenvalue weighted by atomic mass is 9.49. The van der Waals surface area contributed by atoms with Crippen LogP contribution in [0, 0.1) is 23.2 Å². The number of anilines is 2.